The molecule has 0 atom stereocenters. The minimum absolute atomic E-state index is 0.108. The second-order valence-corrected chi connectivity index (χ2v) is 3.70. The zero-order valence-electron chi connectivity index (χ0n) is 9.02. The molecule has 0 spiro atoms. The Morgan fingerprint density at radius 1 is 1.31 bits per heavy atom. The lowest BCUT2D eigenvalue weighted by atomic mass is 10.2. The molecule has 0 bridgehead atoms. The molecular weight excluding hydrogens is 198 g/mol. The van der Waals surface area contributed by atoms with E-state index >= 15 is 0 Å². The van der Waals surface area contributed by atoms with Crippen molar-refractivity contribution in [3.63, 3.8) is 0 Å². The predicted molar refractivity (Wildman–Crippen MR) is 65.2 cm³/mol. The number of terminal acetylenes is 1. The minimum Gasteiger partial charge on any atom is -0.287 e. The summed E-state index contributed by atoms with van der Waals surface area (Å²) in [5, 5.41) is 1.09. The third-order valence-corrected chi connectivity index (χ3v) is 2.58. The van der Waals surface area contributed by atoms with Crippen LogP contribution < -0.4 is 0 Å². The Bertz CT molecular complexity index is 545. The number of rotatable bonds is 3. The lowest BCUT2D eigenvalue weighted by Crippen LogP contribution is -2.08. The second kappa shape index (κ2) is 4.67. The van der Waals surface area contributed by atoms with Crippen LogP contribution in [0.3, 0.4) is 0 Å². The van der Waals surface area contributed by atoms with E-state index < -0.39 is 0 Å². The van der Waals surface area contributed by atoms with Crippen molar-refractivity contribution >= 4 is 16.8 Å². The van der Waals surface area contributed by atoms with Gasteiger partial charge in [0.25, 0.3) is 0 Å². The summed E-state index contributed by atoms with van der Waals surface area (Å²) in [6, 6.07) is 9.81. The molecule has 0 amide bonds. The summed E-state index contributed by atoms with van der Waals surface area (Å²) in [6.45, 7) is 0. The highest BCUT2D eigenvalue weighted by molar-refractivity contribution is 5.92. The number of hydrogen-bond donors (Lipinski definition) is 0. The topological polar surface area (TPSA) is 22.0 Å². The van der Waals surface area contributed by atoms with Crippen LogP contribution in [0.25, 0.3) is 10.9 Å². The van der Waals surface area contributed by atoms with Crippen molar-refractivity contribution in [2.45, 2.75) is 19.3 Å². The summed E-state index contributed by atoms with van der Waals surface area (Å²) in [5.41, 5.74) is 0.966. The fourth-order valence-corrected chi connectivity index (χ4v) is 1.76. The standard InChI is InChI=1S/C14H13NO/c1-2-3-4-9-14(16)15-11-10-12-7-5-6-8-13(12)15/h1,5-8,10-11H,3-4,9H2. The average molecular weight is 211 g/mol. The molecule has 2 aromatic rings. The molecule has 0 saturated heterocycles. The van der Waals surface area contributed by atoms with Gasteiger partial charge in [-0.3, -0.25) is 9.36 Å². The molecule has 2 rings (SSSR count). The Kier molecular flexibility index (Phi) is 3.07. The van der Waals surface area contributed by atoms with Crippen molar-refractivity contribution in [3.8, 4) is 12.3 Å². The lowest BCUT2D eigenvalue weighted by Gasteiger charge is -2.02. The highest BCUT2D eigenvalue weighted by Crippen LogP contribution is 2.15. The number of carbonyl (C=O) groups excluding carboxylic acids is 1. The lowest BCUT2D eigenvalue weighted by molar-refractivity contribution is 0.0906. The van der Waals surface area contributed by atoms with E-state index in [4.69, 9.17) is 6.42 Å². The van der Waals surface area contributed by atoms with Crippen LogP contribution in [-0.2, 0) is 0 Å². The molecule has 0 aliphatic heterocycles. The number of para-hydroxylation sites is 1. The second-order valence-electron chi connectivity index (χ2n) is 3.70. The maximum Gasteiger partial charge on any atom is 0.231 e. The summed E-state index contributed by atoms with van der Waals surface area (Å²) < 4.78 is 1.70. The van der Waals surface area contributed by atoms with Gasteiger partial charge in [-0.05, 0) is 18.6 Å². The molecule has 0 aliphatic carbocycles. The number of carbonyl (C=O) groups is 1. The van der Waals surface area contributed by atoms with Gasteiger partial charge in [0.15, 0.2) is 0 Å². The Labute approximate surface area is 94.9 Å². The van der Waals surface area contributed by atoms with Gasteiger partial charge in [-0.25, -0.2) is 0 Å². The first kappa shape index (κ1) is 10.5. The highest BCUT2D eigenvalue weighted by Gasteiger charge is 2.07. The van der Waals surface area contributed by atoms with Crippen LogP contribution in [0.15, 0.2) is 36.5 Å². The Morgan fingerprint density at radius 3 is 2.94 bits per heavy atom. The summed E-state index contributed by atoms with van der Waals surface area (Å²) in [4.78, 5) is 11.9. The summed E-state index contributed by atoms with van der Waals surface area (Å²) >= 11 is 0. The van der Waals surface area contributed by atoms with Crippen molar-refractivity contribution in [1.82, 2.24) is 4.57 Å². The maximum absolute atomic E-state index is 11.9. The number of hydrogen-bond acceptors (Lipinski definition) is 1. The SMILES string of the molecule is C#CCCCC(=O)n1ccc2ccccc21. The molecule has 1 aromatic carbocycles. The van der Waals surface area contributed by atoms with Gasteiger partial charge in [0.05, 0.1) is 5.52 Å². The first-order valence-corrected chi connectivity index (χ1v) is 5.35. The van der Waals surface area contributed by atoms with Gasteiger partial charge in [-0.1, -0.05) is 18.2 Å². The van der Waals surface area contributed by atoms with Gasteiger partial charge in [-0.2, -0.15) is 0 Å². The number of unbranched alkanes of at least 4 members (excludes halogenated alkanes) is 1. The van der Waals surface area contributed by atoms with E-state index in [1.165, 1.54) is 0 Å². The van der Waals surface area contributed by atoms with Crippen molar-refractivity contribution < 1.29 is 4.79 Å². The van der Waals surface area contributed by atoms with Gasteiger partial charge in [0, 0.05) is 24.4 Å². The largest absolute Gasteiger partial charge is 0.287 e. The first-order valence-electron chi connectivity index (χ1n) is 5.35. The first-order chi connectivity index (χ1) is 7.83. The molecule has 0 radical (unpaired) electrons. The molecule has 2 heteroatoms. The summed E-state index contributed by atoms with van der Waals surface area (Å²) in [7, 11) is 0. The molecule has 0 unspecified atom stereocenters. The molecule has 0 fully saturated rings. The molecule has 0 aliphatic rings. The van der Waals surface area contributed by atoms with E-state index in [0.717, 1.165) is 17.3 Å². The van der Waals surface area contributed by atoms with Crippen LogP contribution in [0, 0.1) is 12.3 Å². The van der Waals surface area contributed by atoms with E-state index in [-0.39, 0.29) is 5.91 Å². The smallest absolute Gasteiger partial charge is 0.231 e. The summed E-state index contributed by atoms with van der Waals surface area (Å²) in [5.74, 6) is 2.65. The van der Waals surface area contributed by atoms with Crippen molar-refractivity contribution in [1.29, 1.82) is 0 Å². The Morgan fingerprint density at radius 2 is 2.12 bits per heavy atom. The number of fused-ring (bicyclic) bond motifs is 1. The van der Waals surface area contributed by atoms with E-state index in [9.17, 15) is 4.79 Å². The predicted octanol–water partition coefficient (Wildman–Crippen LogP) is 3.09. The number of benzene rings is 1. The Balaban J connectivity index is 2.20. The van der Waals surface area contributed by atoms with Gasteiger partial charge < -0.3 is 0 Å². The molecule has 16 heavy (non-hydrogen) atoms. The van der Waals surface area contributed by atoms with Gasteiger partial charge in [0.2, 0.25) is 5.91 Å². The summed E-state index contributed by atoms with van der Waals surface area (Å²) in [6.07, 6.45) is 8.89. The van der Waals surface area contributed by atoms with Gasteiger partial charge >= 0.3 is 0 Å². The fraction of sp³-hybridized carbons (Fsp3) is 0.214. The van der Waals surface area contributed by atoms with E-state index in [1.54, 1.807) is 4.57 Å². The third-order valence-electron chi connectivity index (χ3n) is 2.58. The zero-order valence-corrected chi connectivity index (χ0v) is 9.02. The van der Waals surface area contributed by atoms with Crippen LogP contribution in [0.5, 0.6) is 0 Å². The van der Waals surface area contributed by atoms with Crippen molar-refractivity contribution in [2.75, 3.05) is 0 Å². The van der Waals surface area contributed by atoms with Crippen molar-refractivity contribution in [3.05, 3.63) is 36.5 Å². The van der Waals surface area contributed by atoms with E-state index in [0.29, 0.717) is 12.8 Å². The monoisotopic (exact) mass is 211 g/mol. The fourth-order valence-electron chi connectivity index (χ4n) is 1.76. The van der Waals surface area contributed by atoms with Crippen LogP contribution in [0.1, 0.15) is 24.1 Å². The van der Waals surface area contributed by atoms with Crippen LogP contribution >= 0.6 is 0 Å². The third kappa shape index (κ3) is 1.99. The highest BCUT2D eigenvalue weighted by atomic mass is 16.2. The van der Waals surface area contributed by atoms with Crippen LogP contribution in [-0.4, -0.2) is 10.5 Å². The molecule has 80 valence electrons. The van der Waals surface area contributed by atoms with E-state index in [2.05, 4.69) is 5.92 Å². The quantitative estimate of drug-likeness (QED) is 0.565. The minimum atomic E-state index is 0.108. The molecule has 1 heterocycles. The van der Waals surface area contributed by atoms with Crippen LogP contribution in [0.4, 0.5) is 0 Å². The number of aromatic nitrogens is 1. The number of nitrogens with zero attached hydrogens (tertiary/aromatic N) is 1. The van der Waals surface area contributed by atoms with Gasteiger partial charge in [-0.15, -0.1) is 12.3 Å². The molecule has 0 saturated carbocycles. The van der Waals surface area contributed by atoms with Crippen LogP contribution in [0.2, 0.25) is 0 Å². The average Bonchev–Trinajstić information content (AvgIpc) is 2.73. The Hall–Kier alpha value is -2.01. The van der Waals surface area contributed by atoms with Crippen molar-refractivity contribution in [2.24, 2.45) is 0 Å². The van der Waals surface area contributed by atoms with E-state index in [1.807, 2.05) is 36.5 Å². The zero-order chi connectivity index (χ0) is 11.4. The van der Waals surface area contributed by atoms with Gasteiger partial charge in [0.1, 0.15) is 0 Å². The maximum atomic E-state index is 11.9. The molecule has 2 nitrogen and oxygen atoms in total. The molecular formula is C14H13NO. The molecule has 0 N–H and O–H groups in total. The normalized spacial score (nSPS) is 10.2. The molecule has 1 aromatic heterocycles.